The molecule has 5 nitrogen and oxygen atoms in total. The molecule has 1 heterocycles. The fraction of sp³-hybridized carbons (Fsp3) is 0.136. The van der Waals surface area contributed by atoms with Gasteiger partial charge in [0.05, 0.1) is 26.3 Å². The van der Waals surface area contributed by atoms with Gasteiger partial charge in [0.25, 0.3) is 15.9 Å². The van der Waals surface area contributed by atoms with Crippen LogP contribution in [0.3, 0.4) is 0 Å². The zero-order valence-corrected chi connectivity index (χ0v) is 18.3. The van der Waals surface area contributed by atoms with Gasteiger partial charge in [0.15, 0.2) is 0 Å². The Labute approximate surface area is 185 Å². The summed E-state index contributed by atoms with van der Waals surface area (Å²) in [6.45, 7) is 1.85. The van der Waals surface area contributed by atoms with E-state index < -0.39 is 10.0 Å². The number of nitrogens with zero attached hydrogens (tertiary/aromatic N) is 1. The predicted octanol–water partition coefficient (Wildman–Crippen LogP) is 5.39. The molecule has 1 atom stereocenters. The topological polar surface area (TPSA) is 66.5 Å². The molecule has 0 aromatic heterocycles. The van der Waals surface area contributed by atoms with Gasteiger partial charge < -0.3 is 5.32 Å². The summed E-state index contributed by atoms with van der Waals surface area (Å²) in [5, 5.41) is 3.41. The van der Waals surface area contributed by atoms with Crippen LogP contribution in [-0.2, 0) is 16.4 Å². The van der Waals surface area contributed by atoms with Crippen LogP contribution in [0.4, 0.5) is 11.4 Å². The second-order valence-electron chi connectivity index (χ2n) is 7.06. The van der Waals surface area contributed by atoms with Crippen molar-refractivity contribution in [1.82, 2.24) is 0 Å². The van der Waals surface area contributed by atoms with Crippen LogP contribution in [0, 0.1) is 0 Å². The van der Waals surface area contributed by atoms with Gasteiger partial charge in [-0.3, -0.25) is 9.10 Å². The van der Waals surface area contributed by atoms with E-state index >= 15 is 0 Å². The summed E-state index contributed by atoms with van der Waals surface area (Å²) in [6, 6.07) is 18.0. The number of halogens is 2. The minimum Gasteiger partial charge on any atom is -0.319 e. The summed E-state index contributed by atoms with van der Waals surface area (Å²) in [5.74, 6) is -0.371. The standard InChI is InChI=1S/C22H18Cl2N2O3S/c1-14-12-16-13-15(22(27)25-21-18(23)8-5-9-19(21)24)10-11-20(16)26(14)30(28,29)17-6-3-2-4-7-17/h2-11,13-14H,12H2,1H3,(H,25,27)/t14-/m0/s1. The third-order valence-electron chi connectivity index (χ3n) is 5.00. The van der Waals surface area contributed by atoms with E-state index in [1.54, 1.807) is 66.7 Å². The predicted molar refractivity (Wildman–Crippen MR) is 120 cm³/mol. The monoisotopic (exact) mass is 460 g/mol. The Bertz CT molecular complexity index is 1210. The molecule has 154 valence electrons. The van der Waals surface area contributed by atoms with Gasteiger partial charge in [0.1, 0.15) is 0 Å². The average Bonchev–Trinajstić information content (AvgIpc) is 3.07. The summed E-state index contributed by atoms with van der Waals surface area (Å²) in [7, 11) is -3.70. The van der Waals surface area contributed by atoms with Crippen molar-refractivity contribution in [3.63, 3.8) is 0 Å². The number of nitrogens with one attached hydrogen (secondary N) is 1. The second kappa shape index (κ2) is 7.95. The molecule has 0 aliphatic carbocycles. The van der Waals surface area contributed by atoms with Crippen LogP contribution >= 0.6 is 23.2 Å². The Balaban J connectivity index is 1.65. The highest BCUT2D eigenvalue weighted by Gasteiger charge is 2.36. The highest BCUT2D eigenvalue weighted by molar-refractivity contribution is 7.92. The van der Waals surface area contributed by atoms with Gasteiger partial charge in [-0.05, 0) is 61.4 Å². The Kier molecular flexibility index (Phi) is 5.49. The molecule has 0 radical (unpaired) electrons. The van der Waals surface area contributed by atoms with E-state index in [0.29, 0.717) is 33.4 Å². The molecule has 3 aromatic carbocycles. The molecule has 0 unspecified atom stereocenters. The molecule has 0 saturated carbocycles. The maximum absolute atomic E-state index is 13.2. The Morgan fingerprint density at radius 3 is 2.33 bits per heavy atom. The van der Waals surface area contributed by atoms with E-state index in [9.17, 15) is 13.2 Å². The van der Waals surface area contributed by atoms with E-state index in [1.165, 1.54) is 4.31 Å². The van der Waals surface area contributed by atoms with Gasteiger partial charge in [-0.25, -0.2) is 8.42 Å². The number of para-hydroxylation sites is 1. The summed E-state index contributed by atoms with van der Waals surface area (Å²) < 4.78 is 27.7. The van der Waals surface area contributed by atoms with Crippen molar-refractivity contribution in [2.45, 2.75) is 24.3 Å². The highest BCUT2D eigenvalue weighted by Crippen LogP contribution is 2.37. The van der Waals surface area contributed by atoms with Crippen LogP contribution in [0.15, 0.2) is 71.6 Å². The molecule has 1 aliphatic heterocycles. The molecule has 0 saturated heterocycles. The number of carbonyl (C=O) groups is 1. The minimum absolute atomic E-state index is 0.236. The van der Waals surface area contributed by atoms with Crippen molar-refractivity contribution in [2.75, 3.05) is 9.62 Å². The maximum atomic E-state index is 13.2. The van der Waals surface area contributed by atoms with Gasteiger partial charge in [-0.2, -0.15) is 0 Å². The molecule has 1 N–H and O–H groups in total. The summed E-state index contributed by atoms with van der Waals surface area (Å²) >= 11 is 12.3. The molecule has 1 amide bonds. The number of rotatable bonds is 4. The summed E-state index contributed by atoms with van der Waals surface area (Å²) in [6.07, 6.45) is 0.509. The normalized spacial score (nSPS) is 15.7. The third kappa shape index (κ3) is 3.67. The van der Waals surface area contributed by atoms with Gasteiger partial charge in [-0.15, -0.1) is 0 Å². The zero-order chi connectivity index (χ0) is 21.5. The molecule has 0 spiro atoms. The van der Waals surface area contributed by atoms with Crippen molar-refractivity contribution >= 4 is 50.5 Å². The lowest BCUT2D eigenvalue weighted by Gasteiger charge is -2.24. The van der Waals surface area contributed by atoms with Crippen LogP contribution in [0.25, 0.3) is 0 Å². The third-order valence-corrected chi connectivity index (χ3v) is 7.57. The quantitative estimate of drug-likeness (QED) is 0.567. The lowest BCUT2D eigenvalue weighted by molar-refractivity contribution is 0.102. The first-order chi connectivity index (χ1) is 14.3. The molecule has 4 rings (SSSR count). The van der Waals surface area contributed by atoms with E-state index in [4.69, 9.17) is 23.2 Å². The molecule has 0 bridgehead atoms. The molecule has 0 fully saturated rings. The van der Waals surface area contributed by atoms with Crippen LogP contribution in [-0.4, -0.2) is 20.4 Å². The number of fused-ring (bicyclic) bond motifs is 1. The first-order valence-corrected chi connectivity index (χ1v) is 11.5. The SMILES string of the molecule is C[C@H]1Cc2cc(C(=O)Nc3c(Cl)cccc3Cl)ccc2N1S(=O)(=O)c1ccccc1. The van der Waals surface area contributed by atoms with E-state index in [-0.39, 0.29) is 16.8 Å². The molecule has 30 heavy (non-hydrogen) atoms. The molecular weight excluding hydrogens is 443 g/mol. The fourth-order valence-electron chi connectivity index (χ4n) is 3.62. The van der Waals surface area contributed by atoms with Gasteiger partial charge in [0, 0.05) is 11.6 Å². The first kappa shape index (κ1) is 20.7. The fourth-order valence-corrected chi connectivity index (χ4v) is 5.82. The Morgan fingerprint density at radius 2 is 1.67 bits per heavy atom. The molecule has 8 heteroatoms. The van der Waals surface area contributed by atoms with Gasteiger partial charge in [0.2, 0.25) is 0 Å². The van der Waals surface area contributed by atoms with E-state index in [0.717, 1.165) is 5.56 Å². The second-order valence-corrected chi connectivity index (χ2v) is 9.69. The number of anilines is 2. The number of carbonyl (C=O) groups excluding carboxylic acids is 1. The Morgan fingerprint density at radius 1 is 1.00 bits per heavy atom. The molecule has 3 aromatic rings. The van der Waals surface area contributed by atoms with Crippen LogP contribution < -0.4 is 9.62 Å². The Hall–Kier alpha value is -2.54. The van der Waals surface area contributed by atoms with Gasteiger partial charge in [-0.1, -0.05) is 47.5 Å². The van der Waals surface area contributed by atoms with Crippen molar-refractivity contribution in [3.8, 4) is 0 Å². The molecular formula is C22H18Cl2N2O3S. The summed E-state index contributed by atoms with van der Waals surface area (Å²) in [4.78, 5) is 13.0. The summed E-state index contributed by atoms with van der Waals surface area (Å²) in [5.41, 5.74) is 2.11. The zero-order valence-electron chi connectivity index (χ0n) is 16.0. The lowest BCUT2D eigenvalue weighted by atomic mass is 10.1. The van der Waals surface area contributed by atoms with Crippen molar-refractivity contribution in [2.24, 2.45) is 0 Å². The smallest absolute Gasteiger partial charge is 0.264 e. The van der Waals surface area contributed by atoms with Crippen molar-refractivity contribution in [1.29, 1.82) is 0 Å². The van der Waals surface area contributed by atoms with Crippen LogP contribution in [0.5, 0.6) is 0 Å². The van der Waals surface area contributed by atoms with E-state index in [2.05, 4.69) is 5.32 Å². The molecule has 1 aliphatic rings. The number of amides is 1. The number of hydrogen-bond acceptors (Lipinski definition) is 3. The van der Waals surface area contributed by atoms with Gasteiger partial charge >= 0.3 is 0 Å². The van der Waals surface area contributed by atoms with Crippen molar-refractivity contribution < 1.29 is 13.2 Å². The minimum atomic E-state index is -3.70. The van der Waals surface area contributed by atoms with E-state index in [1.807, 2.05) is 6.92 Å². The number of sulfonamides is 1. The van der Waals surface area contributed by atoms with Crippen molar-refractivity contribution in [3.05, 3.63) is 87.9 Å². The van der Waals surface area contributed by atoms with Crippen LogP contribution in [0.2, 0.25) is 10.0 Å². The first-order valence-electron chi connectivity index (χ1n) is 9.27. The lowest BCUT2D eigenvalue weighted by Crippen LogP contribution is -2.35. The average molecular weight is 461 g/mol. The number of benzene rings is 3. The maximum Gasteiger partial charge on any atom is 0.264 e. The van der Waals surface area contributed by atoms with Crippen LogP contribution in [0.1, 0.15) is 22.8 Å². The highest BCUT2D eigenvalue weighted by atomic mass is 35.5. The number of hydrogen-bond donors (Lipinski definition) is 1. The largest absolute Gasteiger partial charge is 0.319 e.